The maximum atomic E-state index is 11.1. The molecule has 5 heteroatoms. The Kier molecular flexibility index (Phi) is 6.47. The number of urea groups is 1. The number of carboxylic acids is 1. The van der Waals surface area contributed by atoms with E-state index in [4.69, 9.17) is 5.11 Å². The van der Waals surface area contributed by atoms with Crippen molar-refractivity contribution in [1.29, 1.82) is 0 Å². The van der Waals surface area contributed by atoms with Crippen LogP contribution in [0.3, 0.4) is 0 Å². The van der Waals surface area contributed by atoms with Crippen LogP contribution in [0, 0.1) is 11.8 Å². The molecular weight excluding hydrogens is 196 g/mol. The van der Waals surface area contributed by atoms with Gasteiger partial charge in [0.25, 0.3) is 0 Å². The average Bonchev–Trinajstić information content (AvgIpc) is 2.17. The van der Waals surface area contributed by atoms with Crippen LogP contribution in [0.1, 0.15) is 13.3 Å². The van der Waals surface area contributed by atoms with Crippen LogP contribution in [0.2, 0.25) is 0 Å². The molecule has 0 saturated heterocycles. The molecule has 1 atom stereocenters. The molecule has 2 amide bonds. The Balaban J connectivity index is 4.03. The topological polar surface area (TPSA) is 78.4 Å². The van der Waals surface area contributed by atoms with Gasteiger partial charge in [0.05, 0.1) is 6.54 Å². The number of carboxylic acid groups (broad SMARTS) is 1. The summed E-state index contributed by atoms with van der Waals surface area (Å²) in [5, 5.41) is 13.4. The summed E-state index contributed by atoms with van der Waals surface area (Å²) in [6.45, 7) is 5.26. The number of hydrogen-bond donors (Lipinski definition) is 3. The molecule has 0 aromatic rings. The van der Waals surface area contributed by atoms with Gasteiger partial charge in [0.1, 0.15) is 6.04 Å². The van der Waals surface area contributed by atoms with E-state index in [2.05, 4.69) is 29.1 Å². The fraction of sp³-hybridized carbons (Fsp3) is 0.400. The van der Waals surface area contributed by atoms with Crippen LogP contribution < -0.4 is 10.6 Å². The Morgan fingerprint density at radius 1 is 1.60 bits per heavy atom. The van der Waals surface area contributed by atoms with Crippen LogP contribution in [-0.4, -0.2) is 29.7 Å². The highest BCUT2D eigenvalue weighted by Gasteiger charge is 2.17. The van der Waals surface area contributed by atoms with Crippen molar-refractivity contribution in [2.75, 3.05) is 6.54 Å². The van der Waals surface area contributed by atoms with E-state index in [9.17, 15) is 9.59 Å². The van der Waals surface area contributed by atoms with Crippen molar-refractivity contribution in [1.82, 2.24) is 10.6 Å². The predicted molar refractivity (Wildman–Crippen MR) is 56.2 cm³/mol. The summed E-state index contributed by atoms with van der Waals surface area (Å²) in [5.41, 5.74) is 0. The second-order valence-corrected chi connectivity index (χ2v) is 2.67. The first-order chi connectivity index (χ1) is 7.11. The van der Waals surface area contributed by atoms with E-state index in [0.717, 1.165) is 0 Å². The maximum absolute atomic E-state index is 11.1. The monoisotopic (exact) mass is 210 g/mol. The summed E-state index contributed by atoms with van der Waals surface area (Å²) in [6, 6.07) is -1.50. The zero-order chi connectivity index (χ0) is 11.7. The predicted octanol–water partition coefficient (Wildman–Crippen LogP) is 0.338. The molecule has 0 aliphatic carbocycles. The molecule has 15 heavy (non-hydrogen) atoms. The summed E-state index contributed by atoms with van der Waals surface area (Å²) in [4.78, 5) is 21.8. The second-order valence-electron chi connectivity index (χ2n) is 2.67. The van der Waals surface area contributed by atoms with Crippen LogP contribution in [0.15, 0.2) is 12.7 Å². The molecule has 0 aliphatic heterocycles. The van der Waals surface area contributed by atoms with Crippen molar-refractivity contribution in [3.05, 3.63) is 12.7 Å². The highest BCUT2D eigenvalue weighted by molar-refractivity contribution is 5.82. The van der Waals surface area contributed by atoms with Crippen molar-refractivity contribution >= 4 is 12.0 Å². The molecule has 0 aromatic heterocycles. The lowest BCUT2D eigenvalue weighted by molar-refractivity contribution is -0.139. The van der Waals surface area contributed by atoms with Gasteiger partial charge in [0.2, 0.25) is 0 Å². The lowest BCUT2D eigenvalue weighted by atomic mass is 10.2. The first-order valence-corrected chi connectivity index (χ1v) is 4.39. The normalized spacial score (nSPS) is 10.5. The molecule has 1 unspecified atom stereocenters. The summed E-state index contributed by atoms with van der Waals surface area (Å²) < 4.78 is 0. The third-order valence-corrected chi connectivity index (χ3v) is 1.52. The van der Waals surface area contributed by atoms with Gasteiger partial charge in [0.15, 0.2) is 0 Å². The highest BCUT2D eigenvalue weighted by Crippen LogP contribution is 1.92. The molecule has 0 aliphatic rings. The average molecular weight is 210 g/mol. The van der Waals surface area contributed by atoms with Gasteiger partial charge in [-0.15, -0.1) is 12.5 Å². The summed E-state index contributed by atoms with van der Waals surface area (Å²) >= 11 is 0. The highest BCUT2D eigenvalue weighted by atomic mass is 16.4. The molecule has 3 N–H and O–H groups in total. The van der Waals surface area contributed by atoms with Crippen LogP contribution >= 0.6 is 0 Å². The van der Waals surface area contributed by atoms with E-state index in [1.54, 1.807) is 6.92 Å². The second kappa shape index (κ2) is 7.44. The zero-order valence-corrected chi connectivity index (χ0v) is 8.54. The number of rotatable bonds is 5. The van der Waals surface area contributed by atoms with E-state index >= 15 is 0 Å². The van der Waals surface area contributed by atoms with Gasteiger partial charge in [-0.05, 0) is 13.3 Å². The van der Waals surface area contributed by atoms with E-state index in [1.807, 2.05) is 0 Å². The van der Waals surface area contributed by atoms with Crippen molar-refractivity contribution in [3.8, 4) is 11.8 Å². The number of aliphatic carboxylic acids is 1. The number of nitrogens with one attached hydrogen (secondary N) is 2. The van der Waals surface area contributed by atoms with Gasteiger partial charge in [-0.2, -0.15) is 0 Å². The summed E-state index contributed by atoms with van der Waals surface area (Å²) in [5.74, 6) is 4.13. The van der Waals surface area contributed by atoms with Crippen LogP contribution in [0.5, 0.6) is 0 Å². The minimum Gasteiger partial charge on any atom is -0.480 e. The van der Waals surface area contributed by atoms with E-state index in [0.29, 0.717) is 0 Å². The van der Waals surface area contributed by atoms with Gasteiger partial charge in [0, 0.05) is 0 Å². The number of hydrogen-bond acceptors (Lipinski definition) is 2. The smallest absolute Gasteiger partial charge is 0.326 e. The molecule has 0 bridgehead atoms. The molecule has 0 aromatic carbocycles. The number of amides is 2. The molecular formula is C10H14N2O3. The van der Waals surface area contributed by atoms with Gasteiger partial charge >= 0.3 is 12.0 Å². The van der Waals surface area contributed by atoms with Crippen LogP contribution in [0.4, 0.5) is 4.79 Å². The van der Waals surface area contributed by atoms with Gasteiger partial charge in [-0.3, -0.25) is 0 Å². The molecule has 0 fully saturated rings. The molecule has 0 radical (unpaired) electrons. The summed E-state index contributed by atoms with van der Waals surface area (Å²) in [7, 11) is 0. The van der Waals surface area contributed by atoms with Crippen molar-refractivity contribution in [2.45, 2.75) is 19.4 Å². The van der Waals surface area contributed by atoms with Crippen LogP contribution in [-0.2, 0) is 4.79 Å². The zero-order valence-electron chi connectivity index (χ0n) is 8.54. The van der Waals surface area contributed by atoms with Gasteiger partial charge in [-0.25, -0.2) is 9.59 Å². The number of carbonyl (C=O) groups excluding carboxylic acids is 1. The molecule has 82 valence electrons. The van der Waals surface area contributed by atoms with E-state index in [-0.39, 0.29) is 13.0 Å². The Morgan fingerprint density at radius 2 is 2.27 bits per heavy atom. The maximum Gasteiger partial charge on any atom is 0.326 e. The van der Waals surface area contributed by atoms with Gasteiger partial charge in [-0.1, -0.05) is 12.0 Å². The minimum atomic E-state index is -1.09. The first-order valence-electron chi connectivity index (χ1n) is 4.39. The third-order valence-electron chi connectivity index (χ3n) is 1.52. The van der Waals surface area contributed by atoms with E-state index in [1.165, 1.54) is 6.08 Å². The Labute approximate surface area is 88.6 Å². The summed E-state index contributed by atoms with van der Waals surface area (Å²) in [6.07, 6.45) is 1.62. The Bertz CT molecular complexity index is 302. The number of carbonyl (C=O) groups is 2. The largest absolute Gasteiger partial charge is 0.480 e. The lowest BCUT2D eigenvalue weighted by Gasteiger charge is -2.12. The Morgan fingerprint density at radius 3 is 2.73 bits per heavy atom. The van der Waals surface area contributed by atoms with E-state index < -0.39 is 18.0 Å². The quantitative estimate of drug-likeness (QED) is 0.452. The third kappa shape index (κ3) is 6.16. The van der Waals surface area contributed by atoms with Gasteiger partial charge < -0.3 is 15.7 Å². The fourth-order valence-electron chi connectivity index (χ4n) is 0.810. The Hall–Kier alpha value is -1.96. The molecule has 0 rings (SSSR count). The molecule has 0 saturated carbocycles. The lowest BCUT2D eigenvalue weighted by Crippen LogP contribution is -2.45. The fourth-order valence-corrected chi connectivity index (χ4v) is 0.810. The first kappa shape index (κ1) is 13.0. The molecule has 0 spiro atoms. The standard InChI is InChI=1S/C10H14N2O3/c1-3-5-7-11-10(15)12-8(6-4-2)9(13)14/h4,8H,2,6-7H2,1H3,(H,13,14)(H2,11,12,15). The van der Waals surface area contributed by atoms with Crippen LogP contribution in [0.25, 0.3) is 0 Å². The molecule has 5 nitrogen and oxygen atoms in total. The van der Waals surface area contributed by atoms with Crippen molar-refractivity contribution < 1.29 is 14.7 Å². The van der Waals surface area contributed by atoms with Crippen molar-refractivity contribution in [3.63, 3.8) is 0 Å². The van der Waals surface area contributed by atoms with Crippen molar-refractivity contribution in [2.24, 2.45) is 0 Å². The molecule has 0 heterocycles. The minimum absolute atomic E-state index is 0.183. The SMILES string of the molecule is C=CCC(NC(=O)NCC#CC)C(=O)O.